The van der Waals surface area contributed by atoms with Crippen molar-refractivity contribution in [3.63, 3.8) is 0 Å². The molecule has 0 aliphatic carbocycles. The number of hydrogen-bond donors (Lipinski definition) is 2. The number of nitrogens with one attached hydrogen (secondary N) is 2. The Hall–Kier alpha value is -3.58. The molecule has 0 saturated carbocycles. The van der Waals surface area contributed by atoms with Crippen LogP contribution in [0.4, 0.5) is 16.2 Å². The van der Waals surface area contributed by atoms with Crippen molar-refractivity contribution in [3.8, 4) is 0 Å². The van der Waals surface area contributed by atoms with E-state index in [1.165, 1.54) is 4.90 Å². The summed E-state index contributed by atoms with van der Waals surface area (Å²) < 4.78 is 0. The van der Waals surface area contributed by atoms with Crippen molar-refractivity contribution in [2.45, 2.75) is 29.7 Å². The molecule has 7 heteroatoms. The number of imide groups is 1. The van der Waals surface area contributed by atoms with Crippen LogP contribution in [0.5, 0.6) is 0 Å². The van der Waals surface area contributed by atoms with Gasteiger partial charge in [0.05, 0.1) is 16.8 Å². The van der Waals surface area contributed by atoms with Gasteiger partial charge in [-0.3, -0.25) is 14.5 Å². The molecule has 1 heterocycles. The Kier molecular flexibility index (Phi) is 5.77. The van der Waals surface area contributed by atoms with Crippen LogP contribution >= 0.6 is 11.8 Å². The van der Waals surface area contributed by atoms with E-state index in [0.717, 1.165) is 9.79 Å². The van der Waals surface area contributed by atoms with Crippen molar-refractivity contribution < 1.29 is 14.4 Å². The Labute approximate surface area is 184 Å². The summed E-state index contributed by atoms with van der Waals surface area (Å²) in [6.45, 7) is 3.58. The number of amides is 4. The molecule has 0 spiro atoms. The summed E-state index contributed by atoms with van der Waals surface area (Å²) in [5.74, 6) is -0.651. The van der Waals surface area contributed by atoms with Crippen molar-refractivity contribution in [2.75, 3.05) is 10.6 Å². The summed E-state index contributed by atoms with van der Waals surface area (Å²) >= 11 is 1.55. The second-order valence-corrected chi connectivity index (χ2v) is 8.44. The van der Waals surface area contributed by atoms with Crippen molar-refractivity contribution in [1.82, 2.24) is 4.90 Å². The normalized spacial score (nSPS) is 12.8. The maximum atomic E-state index is 12.6. The molecule has 0 radical (unpaired) electrons. The molecule has 3 aromatic carbocycles. The van der Waals surface area contributed by atoms with Crippen molar-refractivity contribution >= 4 is 41.0 Å². The smallest absolute Gasteiger partial charge is 0.308 e. The lowest BCUT2D eigenvalue weighted by atomic mass is 10.1. The third-order valence-electron chi connectivity index (χ3n) is 4.80. The first-order valence-corrected chi connectivity index (χ1v) is 10.7. The van der Waals surface area contributed by atoms with Gasteiger partial charge in [0.1, 0.15) is 0 Å². The van der Waals surface area contributed by atoms with E-state index in [0.29, 0.717) is 22.5 Å². The van der Waals surface area contributed by atoms with E-state index in [4.69, 9.17) is 0 Å². The van der Waals surface area contributed by atoms with Crippen LogP contribution in [0.1, 0.15) is 34.6 Å². The van der Waals surface area contributed by atoms with E-state index in [2.05, 4.69) is 10.6 Å². The van der Waals surface area contributed by atoms with E-state index in [1.54, 1.807) is 43.8 Å². The standard InChI is InChI=1S/C24H21N3O3S/c1-15(2)27-22(28)18-13-12-16(14-19(18)23(27)29)25-24(30)26-20-10-6-7-11-21(20)31-17-8-4-3-5-9-17/h3-15H,1-2H3,(H2,25,26,30). The van der Waals surface area contributed by atoms with Crippen LogP contribution in [0, 0.1) is 0 Å². The van der Waals surface area contributed by atoms with Crippen LogP contribution < -0.4 is 10.6 Å². The number of carbonyl (C=O) groups excluding carboxylic acids is 3. The van der Waals surface area contributed by atoms with Gasteiger partial charge in [0.15, 0.2) is 0 Å². The Morgan fingerprint density at radius 1 is 0.839 bits per heavy atom. The number of anilines is 2. The lowest BCUT2D eigenvalue weighted by Crippen LogP contribution is -2.35. The Morgan fingerprint density at radius 3 is 2.26 bits per heavy atom. The van der Waals surface area contributed by atoms with E-state index < -0.39 is 6.03 Å². The summed E-state index contributed by atoms with van der Waals surface area (Å²) in [5, 5.41) is 5.61. The number of para-hydroxylation sites is 1. The first kappa shape index (κ1) is 20.7. The molecule has 4 amide bonds. The minimum Gasteiger partial charge on any atom is -0.308 e. The molecule has 6 nitrogen and oxygen atoms in total. The van der Waals surface area contributed by atoms with Gasteiger partial charge >= 0.3 is 6.03 Å². The predicted octanol–water partition coefficient (Wildman–Crippen LogP) is 5.49. The zero-order valence-corrected chi connectivity index (χ0v) is 17.9. The van der Waals surface area contributed by atoms with E-state index >= 15 is 0 Å². The average Bonchev–Trinajstić information content (AvgIpc) is 3.00. The number of hydrogen-bond acceptors (Lipinski definition) is 4. The minimum absolute atomic E-state index is 0.231. The highest BCUT2D eigenvalue weighted by atomic mass is 32.2. The van der Waals surface area contributed by atoms with Crippen LogP contribution in [0.3, 0.4) is 0 Å². The molecule has 0 atom stereocenters. The molecule has 0 fully saturated rings. The largest absolute Gasteiger partial charge is 0.323 e. The third-order valence-corrected chi connectivity index (χ3v) is 5.88. The fourth-order valence-corrected chi connectivity index (χ4v) is 4.29. The molecule has 0 bridgehead atoms. The van der Waals surface area contributed by atoms with Gasteiger partial charge in [-0.1, -0.05) is 42.1 Å². The first-order chi connectivity index (χ1) is 14.9. The number of rotatable bonds is 5. The highest BCUT2D eigenvalue weighted by Crippen LogP contribution is 2.33. The second kappa shape index (κ2) is 8.65. The number of urea groups is 1. The first-order valence-electron chi connectivity index (χ1n) is 9.86. The summed E-state index contributed by atoms with van der Waals surface area (Å²) in [4.78, 5) is 40.8. The molecule has 3 aromatic rings. The highest BCUT2D eigenvalue weighted by molar-refractivity contribution is 7.99. The molecule has 1 aliphatic rings. The van der Waals surface area contributed by atoms with Crippen LogP contribution in [-0.4, -0.2) is 28.8 Å². The number of fused-ring (bicyclic) bond motifs is 1. The molecule has 31 heavy (non-hydrogen) atoms. The topological polar surface area (TPSA) is 78.5 Å². The maximum absolute atomic E-state index is 12.6. The molecule has 4 rings (SSSR count). The SMILES string of the molecule is CC(C)N1C(=O)c2ccc(NC(=O)Nc3ccccc3Sc3ccccc3)cc2C1=O. The minimum atomic E-state index is -0.432. The molecule has 156 valence electrons. The van der Waals surface area contributed by atoms with Gasteiger partial charge in [-0.15, -0.1) is 0 Å². The van der Waals surface area contributed by atoms with E-state index in [-0.39, 0.29) is 17.9 Å². The van der Waals surface area contributed by atoms with Gasteiger partial charge in [0.25, 0.3) is 11.8 Å². The number of nitrogens with zero attached hydrogens (tertiary/aromatic N) is 1. The van der Waals surface area contributed by atoms with Gasteiger partial charge in [0.2, 0.25) is 0 Å². The monoisotopic (exact) mass is 431 g/mol. The summed E-state index contributed by atoms with van der Waals surface area (Å²) in [6.07, 6.45) is 0. The molecular formula is C24H21N3O3S. The third kappa shape index (κ3) is 4.32. The lowest BCUT2D eigenvalue weighted by Gasteiger charge is -2.17. The fraction of sp³-hybridized carbons (Fsp3) is 0.125. The van der Waals surface area contributed by atoms with Gasteiger partial charge in [-0.05, 0) is 56.3 Å². The Bertz CT molecular complexity index is 1160. The van der Waals surface area contributed by atoms with E-state index in [9.17, 15) is 14.4 Å². The summed E-state index contributed by atoms with van der Waals surface area (Å²) in [5.41, 5.74) is 1.77. The lowest BCUT2D eigenvalue weighted by molar-refractivity contribution is 0.0609. The van der Waals surface area contributed by atoms with Crippen LogP contribution in [-0.2, 0) is 0 Å². The molecule has 2 N–H and O–H groups in total. The van der Waals surface area contributed by atoms with Gasteiger partial charge < -0.3 is 10.6 Å². The zero-order valence-electron chi connectivity index (χ0n) is 17.1. The molecule has 0 saturated heterocycles. The highest BCUT2D eigenvalue weighted by Gasteiger charge is 2.37. The van der Waals surface area contributed by atoms with Gasteiger partial charge in [0, 0.05) is 21.5 Å². The molecule has 0 unspecified atom stereocenters. The number of carbonyl (C=O) groups is 3. The van der Waals surface area contributed by atoms with Crippen molar-refractivity contribution in [1.29, 1.82) is 0 Å². The van der Waals surface area contributed by atoms with Gasteiger partial charge in [-0.2, -0.15) is 0 Å². The quantitative estimate of drug-likeness (QED) is 0.524. The molecule has 0 aromatic heterocycles. The van der Waals surface area contributed by atoms with Crippen LogP contribution in [0.2, 0.25) is 0 Å². The Balaban J connectivity index is 1.49. The zero-order chi connectivity index (χ0) is 22.0. The molecular weight excluding hydrogens is 410 g/mol. The van der Waals surface area contributed by atoms with Crippen LogP contribution in [0.25, 0.3) is 0 Å². The average molecular weight is 432 g/mol. The number of benzene rings is 3. The predicted molar refractivity (Wildman–Crippen MR) is 122 cm³/mol. The van der Waals surface area contributed by atoms with E-state index in [1.807, 2.05) is 54.6 Å². The summed E-state index contributed by atoms with van der Waals surface area (Å²) in [7, 11) is 0. The maximum Gasteiger partial charge on any atom is 0.323 e. The van der Waals surface area contributed by atoms with Crippen LogP contribution in [0.15, 0.2) is 82.6 Å². The van der Waals surface area contributed by atoms with Crippen molar-refractivity contribution in [2.24, 2.45) is 0 Å². The van der Waals surface area contributed by atoms with Gasteiger partial charge in [-0.25, -0.2) is 4.79 Å². The fourth-order valence-electron chi connectivity index (χ4n) is 3.37. The van der Waals surface area contributed by atoms with Crippen molar-refractivity contribution in [3.05, 3.63) is 83.9 Å². The Morgan fingerprint density at radius 2 is 1.52 bits per heavy atom. The summed E-state index contributed by atoms with van der Waals surface area (Å²) in [6, 6.07) is 21.5. The molecule has 1 aliphatic heterocycles. The second-order valence-electron chi connectivity index (χ2n) is 7.32.